The first kappa shape index (κ1) is 14.9. The van der Waals surface area contributed by atoms with Gasteiger partial charge in [-0.05, 0) is 46.3 Å². The normalized spacial score (nSPS) is 10.3. The molecule has 4 nitrogen and oxygen atoms in total. The number of carboxylic acid groups (broad SMARTS) is 1. The molecule has 0 saturated heterocycles. The Bertz CT molecular complexity index is 612. The highest BCUT2D eigenvalue weighted by Gasteiger charge is 2.05. The monoisotopic (exact) mass is 355 g/mol. The second kappa shape index (κ2) is 6.76. The Hall–Kier alpha value is -1.53. The molecule has 1 aromatic carbocycles. The number of methoxy groups -OCH3 is 1. The largest absolute Gasteiger partial charge is 0.496 e. The minimum Gasteiger partial charge on any atom is -0.496 e. The molecule has 0 saturated carbocycles. The van der Waals surface area contributed by atoms with Crippen LogP contribution in [0.4, 0.5) is 5.69 Å². The van der Waals surface area contributed by atoms with Crippen LogP contribution in [0.25, 0.3) is 0 Å². The lowest BCUT2D eigenvalue weighted by molar-refractivity contribution is -0.136. The zero-order valence-corrected chi connectivity index (χ0v) is 13.3. The van der Waals surface area contributed by atoms with E-state index in [1.54, 1.807) is 7.11 Å². The fourth-order valence-corrected chi connectivity index (χ4v) is 3.22. The van der Waals surface area contributed by atoms with Crippen LogP contribution in [0.2, 0.25) is 0 Å². The first-order valence-electron chi connectivity index (χ1n) is 5.95. The highest BCUT2D eigenvalue weighted by Crippen LogP contribution is 2.28. The predicted molar refractivity (Wildman–Crippen MR) is 83.7 cm³/mol. The van der Waals surface area contributed by atoms with Gasteiger partial charge >= 0.3 is 5.97 Å². The molecule has 0 aliphatic carbocycles. The molecule has 2 rings (SSSR count). The number of thiophene rings is 1. The molecule has 0 radical (unpaired) electrons. The molecule has 0 aliphatic rings. The Balaban J connectivity index is 1.96. The van der Waals surface area contributed by atoms with Gasteiger partial charge in [0.15, 0.2) is 0 Å². The zero-order chi connectivity index (χ0) is 14.5. The van der Waals surface area contributed by atoms with Crippen molar-refractivity contribution in [1.82, 2.24) is 0 Å². The summed E-state index contributed by atoms with van der Waals surface area (Å²) in [4.78, 5) is 12.6. The number of carbonyl (C=O) groups is 1. The smallest absolute Gasteiger partial charge is 0.308 e. The Kier molecular flexibility index (Phi) is 5.03. The van der Waals surface area contributed by atoms with E-state index in [0.717, 1.165) is 25.7 Å². The van der Waals surface area contributed by atoms with Crippen molar-refractivity contribution in [2.75, 3.05) is 12.4 Å². The van der Waals surface area contributed by atoms with Crippen molar-refractivity contribution in [3.8, 4) is 5.75 Å². The number of hydrogen-bond acceptors (Lipinski definition) is 4. The molecule has 0 amide bonds. The van der Waals surface area contributed by atoms with Crippen molar-refractivity contribution in [3.63, 3.8) is 0 Å². The number of halogens is 1. The maximum absolute atomic E-state index is 10.6. The maximum atomic E-state index is 10.6. The standard InChI is InChI=1S/C14H14BrNO3S/c1-19-13-5-2-9(6-12(13)15)16-8-11-4-3-10(20-11)7-14(17)18/h2-6,16H,7-8H2,1H3,(H,17,18). The summed E-state index contributed by atoms with van der Waals surface area (Å²) in [6, 6.07) is 9.59. The Labute approximate surface area is 129 Å². The summed E-state index contributed by atoms with van der Waals surface area (Å²) in [7, 11) is 1.63. The molecular formula is C14H14BrNO3S. The number of rotatable bonds is 6. The van der Waals surface area contributed by atoms with Crippen molar-refractivity contribution in [2.24, 2.45) is 0 Å². The summed E-state index contributed by atoms with van der Waals surface area (Å²) in [5.41, 5.74) is 0.978. The van der Waals surface area contributed by atoms with Crippen LogP contribution in [0, 0.1) is 0 Å². The van der Waals surface area contributed by atoms with Crippen LogP contribution in [-0.2, 0) is 17.8 Å². The minimum absolute atomic E-state index is 0.0821. The predicted octanol–water partition coefficient (Wildman–Crippen LogP) is 3.76. The third-order valence-electron chi connectivity index (χ3n) is 2.66. The second-order valence-electron chi connectivity index (χ2n) is 4.14. The van der Waals surface area contributed by atoms with Gasteiger partial charge < -0.3 is 15.2 Å². The first-order chi connectivity index (χ1) is 9.58. The summed E-state index contributed by atoms with van der Waals surface area (Å²) < 4.78 is 6.07. The molecule has 0 atom stereocenters. The zero-order valence-electron chi connectivity index (χ0n) is 10.9. The molecule has 6 heteroatoms. The van der Waals surface area contributed by atoms with Gasteiger partial charge in [0.05, 0.1) is 18.0 Å². The van der Waals surface area contributed by atoms with Crippen molar-refractivity contribution < 1.29 is 14.6 Å². The van der Waals surface area contributed by atoms with Crippen LogP contribution in [0.3, 0.4) is 0 Å². The van der Waals surface area contributed by atoms with E-state index in [2.05, 4.69) is 21.2 Å². The molecule has 0 spiro atoms. The highest BCUT2D eigenvalue weighted by molar-refractivity contribution is 9.10. The third-order valence-corrected chi connectivity index (χ3v) is 4.37. The van der Waals surface area contributed by atoms with Crippen molar-refractivity contribution in [3.05, 3.63) is 44.6 Å². The van der Waals surface area contributed by atoms with E-state index in [1.807, 2.05) is 30.3 Å². The molecule has 0 fully saturated rings. The van der Waals surface area contributed by atoms with Gasteiger partial charge in [-0.15, -0.1) is 11.3 Å². The van der Waals surface area contributed by atoms with Crippen molar-refractivity contribution in [2.45, 2.75) is 13.0 Å². The molecule has 1 heterocycles. The number of ether oxygens (including phenoxy) is 1. The average molecular weight is 356 g/mol. The summed E-state index contributed by atoms with van der Waals surface area (Å²) in [6.45, 7) is 0.670. The van der Waals surface area contributed by atoms with Crippen LogP contribution in [0.1, 0.15) is 9.75 Å². The molecule has 2 N–H and O–H groups in total. The number of hydrogen-bond donors (Lipinski definition) is 2. The Morgan fingerprint density at radius 1 is 1.35 bits per heavy atom. The van der Waals surface area contributed by atoms with E-state index in [9.17, 15) is 4.79 Å². The summed E-state index contributed by atoms with van der Waals surface area (Å²) in [5, 5.41) is 12.0. The molecule has 2 aromatic rings. The van der Waals surface area contributed by atoms with E-state index in [-0.39, 0.29) is 6.42 Å². The van der Waals surface area contributed by atoms with Crippen LogP contribution in [0.5, 0.6) is 5.75 Å². The average Bonchev–Trinajstić information content (AvgIpc) is 2.83. The van der Waals surface area contributed by atoms with E-state index in [0.29, 0.717) is 6.54 Å². The van der Waals surface area contributed by atoms with Crippen LogP contribution in [-0.4, -0.2) is 18.2 Å². The molecular weight excluding hydrogens is 342 g/mol. The number of carboxylic acids is 1. The van der Waals surface area contributed by atoms with Crippen molar-refractivity contribution >= 4 is 38.9 Å². The summed E-state index contributed by atoms with van der Waals surface area (Å²) in [6.07, 6.45) is 0.0821. The maximum Gasteiger partial charge on any atom is 0.308 e. The lowest BCUT2D eigenvalue weighted by Gasteiger charge is -2.08. The number of benzene rings is 1. The summed E-state index contributed by atoms with van der Waals surface area (Å²) >= 11 is 4.95. The van der Waals surface area contributed by atoms with Gasteiger partial charge in [0, 0.05) is 22.0 Å². The first-order valence-corrected chi connectivity index (χ1v) is 7.56. The number of aliphatic carboxylic acids is 1. The van der Waals surface area contributed by atoms with Crippen molar-refractivity contribution in [1.29, 1.82) is 0 Å². The summed E-state index contributed by atoms with van der Waals surface area (Å²) in [5.74, 6) is -0.0131. The lowest BCUT2D eigenvalue weighted by Crippen LogP contribution is -1.98. The molecule has 20 heavy (non-hydrogen) atoms. The van der Waals surface area contributed by atoms with Crippen LogP contribution >= 0.6 is 27.3 Å². The molecule has 1 aromatic heterocycles. The quantitative estimate of drug-likeness (QED) is 0.828. The second-order valence-corrected chi connectivity index (χ2v) is 6.25. The Morgan fingerprint density at radius 2 is 2.10 bits per heavy atom. The minimum atomic E-state index is -0.801. The van der Waals surface area contributed by atoms with Crippen LogP contribution < -0.4 is 10.1 Å². The molecule has 0 aliphatic heterocycles. The van der Waals surface area contributed by atoms with Gasteiger partial charge in [0.25, 0.3) is 0 Å². The fourth-order valence-electron chi connectivity index (χ4n) is 1.73. The van der Waals surface area contributed by atoms with Gasteiger partial charge in [-0.25, -0.2) is 0 Å². The van der Waals surface area contributed by atoms with Crippen LogP contribution in [0.15, 0.2) is 34.8 Å². The Morgan fingerprint density at radius 3 is 2.75 bits per heavy atom. The fraction of sp³-hybridized carbons (Fsp3) is 0.214. The SMILES string of the molecule is COc1ccc(NCc2ccc(CC(=O)O)s2)cc1Br. The number of nitrogens with one attached hydrogen (secondary N) is 1. The van der Waals surface area contributed by atoms with E-state index >= 15 is 0 Å². The van der Waals surface area contributed by atoms with E-state index in [4.69, 9.17) is 9.84 Å². The van der Waals surface area contributed by atoms with E-state index < -0.39 is 5.97 Å². The van der Waals surface area contributed by atoms with E-state index in [1.165, 1.54) is 11.3 Å². The van der Waals surface area contributed by atoms with Gasteiger partial charge in [0.2, 0.25) is 0 Å². The molecule has 0 bridgehead atoms. The highest BCUT2D eigenvalue weighted by atomic mass is 79.9. The van der Waals surface area contributed by atoms with Gasteiger partial charge in [-0.1, -0.05) is 0 Å². The number of anilines is 1. The van der Waals surface area contributed by atoms with Gasteiger partial charge in [-0.3, -0.25) is 4.79 Å². The lowest BCUT2D eigenvalue weighted by atomic mass is 10.3. The molecule has 0 unspecified atom stereocenters. The van der Waals surface area contributed by atoms with Gasteiger partial charge in [-0.2, -0.15) is 0 Å². The third kappa shape index (κ3) is 3.98. The topological polar surface area (TPSA) is 58.6 Å². The van der Waals surface area contributed by atoms with Gasteiger partial charge in [0.1, 0.15) is 5.75 Å². The molecule has 106 valence electrons.